The van der Waals surface area contributed by atoms with Gasteiger partial charge in [0.05, 0.1) is 12.7 Å². The fourth-order valence-electron chi connectivity index (χ4n) is 2.56. The Morgan fingerprint density at radius 1 is 1.43 bits per heavy atom. The van der Waals surface area contributed by atoms with Crippen LogP contribution < -0.4 is 5.32 Å². The van der Waals surface area contributed by atoms with Crippen LogP contribution in [0.3, 0.4) is 0 Å². The third-order valence-corrected chi connectivity index (χ3v) is 3.56. The molecule has 2 saturated heterocycles. The predicted molar refractivity (Wildman–Crippen MR) is 55.1 cm³/mol. The van der Waals surface area contributed by atoms with Crippen LogP contribution in [0.5, 0.6) is 0 Å². The lowest BCUT2D eigenvalue weighted by molar-refractivity contribution is 0.0434. The molecule has 2 aliphatic rings. The Labute approximate surface area is 85.8 Å². The van der Waals surface area contributed by atoms with E-state index in [0.717, 1.165) is 38.5 Å². The van der Waals surface area contributed by atoms with Crippen molar-refractivity contribution in [2.45, 2.75) is 38.3 Å². The zero-order valence-electron chi connectivity index (χ0n) is 8.91. The van der Waals surface area contributed by atoms with Gasteiger partial charge in [0.2, 0.25) is 0 Å². The fourth-order valence-corrected chi connectivity index (χ4v) is 2.56. The van der Waals surface area contributed by atoms with Gasteiger partial charge in [0.15, 0.2) is 0 Å². The molecule has 0 aromatic heterocycles. The molecule has 82 valence electrons. The van der Waals surface area contributed by atoms with Gasteiger partial charge in [-0.05, 0) is 31.7 Å². The summed E-state index contributed by atoms with van der Waals surface area (Å²) in [4.78, 5) is 0. The van der Waals surface area contributed by atoms with Gasteiger partial charge in [0, 0.05) is 18.6 Å². The number of rotatable bonds is 2. The zero-order chi connectivity index (χ0) is 9.97. The summed E-state index contributed by atoms with van der Waals surface area (Å²) in [7, 11) is 0. The molecule has 0 bridgehead atoms. The molecule has 0 radical (unpaired) electrons. The Kier molecular flexibility index (Phi) is 3.42. The summed E-state index contributed by atoms with van der Waals surface area (Å²) >= 11 is 0. The minimum absolute atomic E-state index is 0.208. The summed E-state index contributed by atoms with van der Waals surface area (Å²) in [6.45, 7) is 4.89. The third-order valence-electron chi connectivity index (χ3n) is 3.56. The largest absolute Gasteiger partial charge is 0.391 e. The molecule has 4 unspecified atom stereocenters. The highest BCUT2D eigenvalue weighted by atomic mass is 16.5. The van der Waals surface area contributed by atoms with Gasteiger partial charge >= 0.3 is 0 Å². The maximum atomic E-state index is 10.1. The minimum atomic E-state index is -0.208. The first-order chi connectivity index (χ1) is 6.77. The molecule has 0 aliphatic carbocycles. The Hall–Kier alpha value is -0.120. The monoisotopic (exact) mass is 199 g/mol. The van der Waals surface area contributed by atoms with E-state index in [0.29, 0.717) is 12.0 Å². The number of aliphatic hydroxyl groups excluding tert-OH is 1. The Balaban J connectivity index is 1.86. The molecule has 2 N–H and O–H groups in total. The Morgan fingerprint density at radius 2 is 2.29 bits per heavy atom. The van der Waals surface area contributed by atoms with Crippen molar-refractivity contribution in [3.63, 3.8) is 0 Å². The summed E-state index contributed by atoms with van der Waals surface area (Å²) in [5.74, 6) is 1.11. The van der Waals surface area contributed by atoms with Gasteiger partial charge in [-0.2, -0.15) is 0 Å². The first kappa shape index (κ1) is 10.4. The van der Waals surface area contributed by atoms with Crippen LogP contribution in [0.15, 0.2) is 0 Å². The number of hydrogen-bond acceptors (Lipinski definition) is 3. The average Bonchev–Trinajstić information content (AvgIpc) is 2.69. The van der Waals surface area contributed by atoms with E-state index in [1.165, 1.54) is 6.42 Å². The van der Waals surface area contributed by atoms with Gasteiger partial charge in [-0.3, -0.25) is 0 Å². The quantitative estimate of drug-likeness (QED) is 0.690. The van der Waals surface area contributed by atoms with Gasteiger partial charge in [-0.25, -0.2) is 0 Å². The van der Waals surface area contributed by atoms with Crippen LogP contribution in [-0.4, -0.2) is 37.0 Å². The van der Waals surface area contributed by atoms with Crippen molar-refractivity contribution in [1.29, 1.82) is 0 Å². The van der Waals surface area contributed by atoms with Crippen molar-refractivity contribution >= 4 is 0 Å². The lowest BCUT2D eigenvalue weighted by atomic mass is 9.86. The molecule has 14 heavy (non-hydrogen) atoms. The van der Waals surface area contributed by atoms with E-state index in [1.54, 1.807) is 0 Å². The number of aliphatic hydroxyl groups is 1. The van der Waals surface area contributed by atoms with Gasteiger partial charge in [0.25, 0.3) is 0 Å². The number of nitrogens with one attached hydrogen (secondary N) is 1. The van der Waals surface area contributed by atoms with E-state index >= 15 is 0 Å². The summed E-state index contributed by atoms with van der Waals surface area (Å²) < 4.78 is 5.31. The second kappa shape index (κ2) is 4.60. The lowest BCUT2D eigenvalue weighted by Crippen LogP contribution is -2.48. The fraction of sp³-hybridized carbons (Fsp3) is 1.00. The van der Waals surface area contributed by atoms with E-state index in [1.807, 2.05) is 0 Å². The summed E-state index contributed by atoms with van der Waals surface area (Å²) in [6.07, 6.45) is 3.16. The maximum absolute atomic E-state index is 10.1. The average molecular weight is 199 g/mol. The van der Waals surface area contributed by atoms with Crippen LogP contribution in [0.25, 0.3) is 0 Å². The number of hydrogen-bond donors (Lipinski definition) is 2. The minimum Gasteiger partial charge on any atom is -0.391 e. The molecule has 0 aromatic carbocycles. The molecule has 4 atom stereocenters. The lowest BCUT2D eigenvalue weighted by Gasteiger charge is -2.33. The van der Waals surface area contributed by atoms with E-state index in [2.05, 4.69) is 12.2 Å². The molecule has 2 fully saturated rings. The van der Waals surface area contributed by atoms with Crippen molar-refractivity contribution in [3.05, 3.63) is 0 Å². The van der Waals surface area contributed by atoms with Gasteiger partial charge in [0.1, 0.15) is 0 Å². The molecule has 2 aliphatic heterocycles. The maximum Gasteiger partial charge on any atom is 0.0744 e. The smallest absolute Gasteiger partial charge is 0.0744 e. The van der Waals surface area contributed by atoms with Gasteiger partial charge in [-0.15, -0.1) is 0 Å². The highest BCUT2D eigenvalue weighted by Crippen LogP contribution is 2.24. The molecular formula is C11H21NO2. The summed E-state index contributed by atoms with van der Waals surface area (Å²) in [6, 6.07) is 0.297. The third kappa shape index (κ3) is 2.27. The van der Waals surface area contributed by atoms with Crippen molar-refractivity contribution in [2.24, 2.45) is 11.8 Å². The predicted octanol–water partition coefficient (Wildman–Crippen LogP) is 0.772. The second-order valence-corrected chi connectivity index (χ2v) is 4.80. The number of piperidine rings is 1. The molecule has 2 heterocycles. The molecule has 0 amide bonds. The highest BCUT2D eigenvalue weighted by molar-refractivity contribution is 4.87. The van der Waals surface area contributed by atoms with E-state index in [-0.39, 0.29) is 6.10 Å². The van der Waals surface area contributed by atoms with Crippen molar-refractivity contribution < 1.29 is 9.84 Å². The SMILES string of the molecule is CC1CCNC(C(O)C2CCOC2)C1. The topological polar surface area (TPSA) is 41.5 Å². The highest BCUT2D eigenvalue weighted by Gasteiger charge is 2.32. The van der Waals surface area contributed by atoms with Crippen LogP contribution in [-0.2, 0) is 4.74 Å². The van der Waals surface area contributed by atoms with Crippen molar-refractivity contribution in [1.82, 2.24) is 5.32 Å². The zero-order valence-corrected chi connectivity index (χ0v) is 8.91. The van der Waals surface area contributed by atoms with Crippen molar-refractivity contribution in [2.75, 3.05) is 19.8 Å². The first-order valence-corrected chi connectivity index (χ1v) is 5.76. The van der Waals surface area contributed by atoms with E-state index in [9.17, 15) is 5.11 Å². The molecular weight excluding hydrogens is 178 g/mol. The molecule has 3 nitrogen and oxygen atoms in total. The standard InChI is InChI=1S/C11H21NO2/c1-8-2-4-12-10(6-8)11(13)9-3-5-14-7-9/h8-13H,2-7H2,1H3. The van der Waals surface area contributed by atoms with Crippen LogP contribution >= 0.6 is 0 Å². The number of ether oxygens (including phenoxy) is 1. The second-order valence-electron chi connectivity index (χ2n) is 4.80. The normalized spacial score (nSPS) is 41.1. The van der Waals surface area contributed by atoms with E-state index in [4.69, 9.17) is 4.74 Å². The van der Waals surface area contributed by atoms with Gasteiger partial charge < -0.3 is 15.2 Å². The molecule has 0 saturated carbocycles. The van der Waals surface area contributed by atoms with Crippen molar-refractivity contribution in [3.8, 4) is 0 Å². The van der Waals surface area contributed by atoms with E-state index < -0.39 is 0 Å². The van der Waals surface area contributed by atoms with Crippen LogP contribution in [0, 0.1) is 11.8 Å². The van der Waals surface area contributed by atoms with Crippen LogP contribution in [0.4, 0.5) is 0 Å². The summed E-state index contributed by atoms with van der Waals surface area (Å²) in [5.41, 5.74) is 0. The molecule has 0 spiro atoms. The van der Waals surface area contributed by atoms with Crippen LogP contribution in [0.2, 0.25) is 0 Å². The molecule has 3 heteroatoms. The molecule has 0 aromatic rings. The Bertz CT molecular complexity index is 180. The van der Waals surface area contributed by atoms with Gasteiger partial charge in [-0.1, -0.05) is 6.92 Å². The van der Waals surface area contributed by atoms with Crippen LogP contribution in [0.1, 0.15) is 26.2 Å². The Morgan fingerprint density at radius 3 is 2.93 bits per heavy atom. The summed E-state index contributed by atoms with van der Waals surface area (Å²) in [5, 5.41) is 13.6. The molecule has 2 rings (SSSR count). The first-order valence-electron chi connectivity index (χ1n) is 5.76.